The molecule has 0 bridgehead atoms. The fourth-order valence-electron chi connectivity index (χ4n) is 3.42. The lowest BCUT2D eigenvalue weighted by Crippen LogP contribution is -2.36. The second kappa shape index (κ2) is 6.74. The number of carbonyl (C=O) groups is 2. The number of nitrogens with two attached hydrogens (primary N) is 4. The van der Waals surface area contributed by atoms with Crippen LogP contribution < -0.4 is 22.9 Å². The first kappa shape index (κ1) is 18.4. The summed E-state index contributed by atoms with van der Waals surface area (Å²) in [6, 6.07) is 8.43. The van der Waals surface area contributed by atoms with Crippen molar-refractivity contribution in [3.05, 3.63) is 69.8 Å². The van der Waals surface area contributed by atoms with Gasteiger partial charge in [-0.15, -0.1) is 0 Å². The molecule has 0 spiro atoms. The highest BCUT2D eigenvalue weighted by molar-refractivity contribution is 6.29. The summed E-state index contributed by atoms with van der Waals surface area (Å²) in [6.45, 7) is 3.54. The Morgan fingerprint density at radius 2 is 1.00 bits per heavy atom. The van der Waals surface area contributed by atoms with E-state index in [9.17, 15) is 9.59 Å². The second-order valence-electron chi connectivity index (χ2n) is 6.97. The van der Waals surface area contributed by atoms with Gasteiger partial charge in [0.25, 0.3) is 0 Å². The average Bonchev–Trinajstić information content (AvgIpc) is 2.63. The predicted molar refractivity (Wildman–Crippen MR) is 101 cm³/mol. The van der Waals surface area contributed by atoms with E-state index in [-0.39, 0.29) is 23.7 Å². The van der Waals surface area contributed by atoms with Crippen molar-refractivity contribution in [2.75, 3.05) is 0 Å². The van der Waals surface area contributed by atoms with Crippen LogP contribution in [0.25, 0.3) is 0 Å². The summed E-state index contributed by atoms with van der Waals surface area (Å²) < 4.78 is 0. The summed E-state index contributed by atoms with van der Waals surface area (Å²) >= 11 is 0. The summed E-state index contributed by atoms with van der Waals surface area (Å²) in [5.41, 5.74) is 26.7. The lowest BCUT2D eigenvalue weighted by molar-refractivity contribution is 0.0976. The molecule has 136 valence electrons. The smallest absolute Gasteiger partial charge is 0.194 e. The van der Waals surface area contributed by atoms with Gasteiger partial charge < -0.3 is 22.9 Å². The van der Waals surface area contributed by atoms with E-state index in [1.54, 1.807) is 50.2 Å². The van der Waals surface area contributed by atoms with E-state index in [2.05, 4.69) is 0 Å². The molecule has 0 aromatic heterocycles. The Hall–Kier alpha value is -2.38. The average molecular weight is 352 g/mol. The van der Waals surface area contributed by atoms with Gasteiger partial charge in [0.15, 0.2) is 11.6 Å². The van der Waals surface area contributed by atoms with Crippen LogP contribution in [0.2, 0.25) is 0 Å². The van der Waals surface area contributed by atoms with E-state index in [0.29, 0.717) is 33.4 Å². The third-order valence-corrected chi connectivity index (χ3v) is 4.99. The summed E-state index contributed by atoms with van der Waals surface area (Å²) in [5, 5.41) is 0. The molecule has 26 heavy (non-hydrogen) atoms. The van der Waals surface area contributed by atoms with Gasteiger partial charge in [0.2, 0.25) is 0 Å². The molecule has 0 aliphatic heterocycles. The Morgan fingerprint density at radius 1 is 0.654 bits per heavy atom. The molecule has 2 aromatic carbocycles. The summed E-state index contributed by atoms with van der Waals surface area (Å²) in [4.78, 5) is 26.5. The SMILES string of the molecule is CC(N)C(N)c1cccc2c1C(=O)c1cccc(C(N)C(C)N)c1C2=O. The molecule has 4 unspecified atom stereocenters. The molecule has 0 saturated heterocycles. The minimum Gasteiger partial charge on any atom is -0.326 e. The second-order valence-corrected chi connectivity index (χ2v) is 6.97. The molecule has 6 heteroatoms. The Labute approximate surface area is 152 Å². The summed E-state index contributed by atoms with van der Waals surface area (Å²) in [6.07, 6.45) is 0. The van der Waals surface area contributed by atoms with Crippen LogP contribution in [0.1, 0.15) is 68.9 Å². The Bertz CT molecular complexity index is 816. The van der Waals surface area contributed by atoms with E-state index in [1.807, 2.05) is 0 Å². The van der Waals surface area contributed by atoms with Crippen LogP contribution in [0.15, 0.2) is 36.4 Å². The summed E-state index contributed by atoms with van der Waals surface area (Å²) in [7, 11) is 0. The van der Waals surface area contributed by atoms with Crippen molar-refractivity contribution in [1.82, 2.24) is 0 Å². The van der Waals surface area contributed by atoms with Gasteiger partial charge in [-0.2, -0.15) is 0 Å². The number of benzene rings is 2. The van der Waals surface area contributed by atoms with E-state index < -0.39 is 12.1 Å². The van der Waals surface area contributed by atoms with Crippen LogP contribution in [0, 0.1) is 0 Å². The number of ketones is 2. The van der Waals surface area contributed by atoms with Gasteiger partial charge in [-0.25, -0.2) is 0 Å². The highest BCUT2D eigenvalue weighted by Crippen LogP contribution is 2.35. The van der Waals surface area contributed by atoms with Crippen molar-refractivity contribution >= 4 is 11.6 Å². The molecule has 0 heterocycles. The molecule has 0 saturated carbocycles. The maximum Gasteiger partial charge on any atom is 0.194 e. The monoisotopic (exact) mass is 352 g/mol. The fourth-order valence-corrected chi connectivity index (χ4v) is 3.42. The Balaban J connectivity index is 2.24. The molecular formula is C20H24N4O2. The molecule has 1 aliphatic rings. The van der Waals surface area contributed by atoms with Crippen molar-refractivity contribution in [1.29, 1.82) is 0 Å². The predicted octanol–water partition coefficient (Wildman–Crippen LogP) is 1.16. The lowest BCUT2D eigenvalue weighted by Gasteiger charge is -2.27. The first-order valence-corrected chi connectivity index (χ1v) is 8.63. The topological polar surface area (TPSA) is 138 Å². The van der Waals surface area contributed by atoms with Crippen LogP contribution in [-0.4, -0.2) is 23.7 Å². The van der Waals surface area contributed by atoms with Crippen molar-refractivity contribution in [2.45, 2.75) is 38.0 Å². The molecule has 8 N–H and O–H groups in total. The van der Waals surface area contributed by atoms with Crippen molar-refractivity contribution in [3.63, 3.8) is 0 Å². The molecule has 6 nitrogen and oxygen atoms in total. The van der Waals surface area contributed by atoms with Gasteiger partial charge in [0.1, 0.15) is 0 Å². The van der Waals surface area contributed by atoms with Crippen molar-refractivity contribution < 1.29 is 9.59 Å². The number of hydrogen-bond donors (Lipinski definition) is 4. The Kier molecular flexibility index (Phi) is 4.77. The highest BCUT2D eigenvalue weighted by Gasteiger charge is 2.35. The van der Waals surface area contributed by atoms with Gasteiger partial charge in [0, 0.05) is 46.4 Å². The number of hydrogen-bond acceptors (Lipinski definition) is 6. The van der Waals surface area contributed by atoms with Crippen LogP contribution in [-0.2, 0) is 0 Å². The van der Waals surface area contributed by atoms with Crippen LogP contribution in [0.3, 0.4) is 0 Å². The van der Waals surface area contributed by atoms with Crippen LogP contribution in [0.4, 0.5) is 0 Å². The van der Waals surface area contributed by atoms with E-state index in [0.717, 1.165) is 0 Å². The standard InChI is InChI=1S/C20H24N4O2/c1-9(21)17(23)11-5-3-7-13-15(11)19(25)14-8-4-6-12(16(14)20(13)26)18(24)10(2)22/h3-10,17-18H,21-24H2,1-2H3. The molecule has 0 radical (unpaired) electrons. The van der Waals surface area contributed by atoms with Crippen LogP contribution in [0.5, 0.6) is 0 Å². The fraction of sp³-hybridized carbons (Fsp3) is 0.300. The normalized spacial score (nSPS) is 17.9. The first-order valence-electron chi connectivity index (χ1n) is 8.63. The quantitative estimate of drug-likeness (QED) is 0.556. The maximum absolute atomic E-state index is 13.2. The Morgan fingerprint density at radius 3 is 1.31 bits per heavy atom. The first-order chi connectivity index (χ1) is 12.3. The molecule has 4 atom stereocenters. The minimum atomic E-state index is -0.544. The zero-order chi connectivity index (χ0) is 19.2. The van der Waals surface area contributed by atoms with Gasteiger partial charge in [0.05, 0.1) is 0 Å². The van der Waals surface area contributed by atoms with E-state index >= 15 is 0 Å². The van der Waals surface area contributed by atoms with Crippen molar-refractivity contribution in [3.8, 4) is 0 Å². The highest BCUT2D eigenvalue weighted by atomic mass is 16.1. The van der Waals surface area contributed by atoms with Crippen LogP contribution >= 0.6 is 0 Å². The third kappa shape index (κ3) is 2.77. The molecule has 3 rings (SSSR count). The number of rotatable bonds is 4. The van der Waals surface area contributed by atoms with Gasteiger partial charge in [-0.3, -0.25) is 9.59 Å². The third-order valence-electron chi connectivity index (χ3n) is 4.99. The molecular weight excluding hydrogens is 328 g/mol. The summed E-state index contributed by atoms with van der Waals surface area (Å²) in [5.74, 6) is -0.472. The number of fused-ring (bicyclic) bond motifs is 2. The molecule has 1 aliphatic carbocycles. The van der Waals surface area contributed by atoms with Gasteiger partial charge in [-0.1, -0.05) is 36.4 Å². The minimum absolute atomic E-state index is 0.236. The maximum atomic E-state index is 13.2. The lowest BCUT2D eigenvalue weighted by atomic mass is 9.77. The zero-order valence-electron chi connectivity index (χ0n) is 14.9. The molecule has 2 aromatic rings. The largest absolute Gasteiger partial charge is 0.326 e. The van der Waals surface area contributed by atoms with E-state index in [4.69, 9.17) is 22.9 Å². The van der Waals surface area contributed by atoms with E-state index in [1.165, 1.54) is 0 Å². The van der Waals surface area contributed by atoms with Crippen molar-refractivity contribution in [2.24, 2.45) is 22.9 Å². The molecule has 0 fully saturated rings. The van der Waals surface area contributed by atoms with Gasteiger partial charge in [-0.05, 0) is 25.0 Å². The zero-order valence-corrected chi connectivity index (χ0v) is 14.9. The molecule has 0 amide bonds. The number of carbonyl (C=O) groups excluding carboxylic acids is 2. The van der Waals surface area contributed by atoms with Gasteiger partial charge >= 0.3 is 0 Å².